The van der Waals surface area contributed by atoms with Crippen LogP contribution >= 0.6 is 0 Å². The number of aromatic nitrogens is 1. The fourth-order valence-corrected chi connectivity index (χ4v) is 3.15. The highest BCUT2D eigenvalue weighted by Gasteiger charge is 2.23. The van der Waals surface area contributed by atoms with Gasteiger partial charge in [0.2, 0.25) is 5.89 Å². The van der Waals surface area contributed by atoms with Crippen molar-refractivity contribution in [2.75, 3.05) is 13.2 Å². The van der Waals surface area contributed by atoms with Crippen LogP contribution in [0.1, 0.15) is 31.4 Å². The minimum Gasteiger partial charge on any atom is -0.480 e. The number of carboxylic acid groups (broad SMARTS) is 1. The van der Waals surface area contributed by atoms with E-state index in [1.165, 1.54) is 0 Å². The molecule has 2 atom stereocenters. The SMILES string of the molecule is O=C(O)COCC1CCCC(OCc2coc(-c3ccccc3)n2)C1. The highest BCUT2D eigenvalue weighted by atomic mass is 16.5. The Morgan fingerprint density at radius 3 is 2.92 bits per heavy atom. The zero-order chi connectivity index (χ0) is 17.5. The molecule has 25 heavy (non-hydrogen) atoms. The Labute approximate surface area is 146 Å². The molecular formula is C19H23NO5. The van der Waals surface area contributed by atoms with Crippen molar-refractivity contribution < 1.29 is 23.8 Å². The van der Waals surface area contributed by atoms with E-state index < -0.39 is 5.97 Å². The van der Waals surface area contributed by atoms with Crippen LogP contribution in [0.25, 0.3) is 11.5 Å². The van der Waals surface area contributed by atoms with Crippen LogP contribution in [0.3, 0.4) is 0 Å². The zero-order valence-electron chi connectivity index (χ0n) is 14.1. The van der Waals surface area contributed by atoms with Crippen molar-refractivity contribution in [3.8, 4) is 11.5 Å². The molecule has 1 aromatic heterocycles. The molecule has 2 aromatic rings. The predicted octanol–water partition coefficient (Wildman–Crippen LogP) is 3.52. The molecule has 6 heteroatoms. The van der Waals surface area contributed by atoms with Gasteiger partial charge in [0.05, 0.1) is 19.3 Å². The number of benzene rings is 1. The molecule has 0 radical (unpaired) electrons. The molecule has 0 bridgehead atoms. The number of rotatable bonds is 8. The second-order valence-electron chi connectivity index (χ2n) is 6.38. The number of oxazole rings is 1. The Morgan fingerprint density at radius 2 is 2.12 bits per heavy atom. The predicted molar refractivity (Wildman–Crippen MR) is 90.9 cm³/mol. The van der Waals surface area contributed by atoms with E-state index in [2.05, 4.69) is 4.98 Å². The second-order valence-corrected chi connectivity index (χ2v) is 6.38. The molecule has 1 N–H and O–H groups in total. The lowest BCUT2D eigenvalue weighted by molar-refractivity contribution is -0.143. The largest absolute Gasteiger partial charge is 0.480 e. The van der Waals surface area contributed by atoms with Crippen molar-refractivity contribution in [3.63, 3.8) is 0 Å². The molecule has 0 aliphatic heterocycles. The summed E-state index contributed by atoms with van der Waals surface area (Å²) in [7, 11) is 0. The summed E-state index contributed by atoms with van der Waals surface area (Å²) in [4.78, 5) is 15.0. The maximum absolute atomic E-state index is 10.5. The van der Waals surface area contributed by atoms with Crippen molar-refractivity contribution in [2.24, 2.45) is 5.92 Å². The van der Waals surface area contributed by atoms with Crippen LogP contribution in [0, 0.1) is 5.92 Å². The van der Waals surface area contributed by atoms with Crippen molar-refractivity contribution in [3.05, 3.63) is 42.3 Å². The Balaban J connectivity index is 1.45. The third-order valence-corrected chi connectivity index (χ3v) is 4.35. The van der Waals surface area contributed by atoms with Gasteiger partial charge < -0.3 is 19.0 Å². The first kappa shape index (κ1) is 17.6. The minimum absolute atomic E-state index is 0.157. The molecule has 1 saturated carbocycles. The topological polar surface area (TPSA) is 81.8 Å². The fourth-order valence-electron chi connectivity index (χ4n) is 3.15. The van der Waals surface area contributed by atoms with Crippen molar-refractivity contribution >= 4 is 5.97 Å². The third kappa shape index (κ3) is 5.41. The summed E-state index contributed by atoms with van der Waals surface area (Å²) < 4.78 is 16.7. The number of ether oxygens (including phenoxy) is 2. The van der Waals surface area contributed by atoms with Crippen LogP contribution in [0.2, 0.25) is 0 Å². The number of carboxylic acids is 1. The summed E-state index contributed by atoms with van der Waals surface area (Å²) >= 11 is 0. The molecule has 0 spiro atoms. The first-order chi connectivity index (χ1) is 12.2. The van der Waals surface area contributed by atoms with Crippen molar-refractivity contribution in [2.45, 2.75) is 38.4 Å². The molecule has 2 unspecified atom stereocenters. The number of hydrogen-bond acceptors (Lipinski definition) is 5. The van der Waals surface area contributed by atoms with Gasteiger partial charge in [-0.15, -0.1) is 0 Å². The van der Waals surface area contributed by atoms with E-state index in [9.17, 15) is 4.79 Å². The lowest BCUT2D eigenvalue weighted by Crippen LogP contribution is -2.26. The van der Waals surface area contributed by atoms with Gasteiger partial charge in [0.15, 0.2) is 0 Å². The summed E-state index contributed by atoms with van der Waals surface area (Å²) in [5.41, 5.74) is 1.73. The molecule has 6 nitrogen and oxygen atoms in total. The van der Waals surface area contributed by atoms with Crippen LogP contribution < -0.4 is 0 Å². The molecule has 134 valence electrons. The van der Waals surface area contributed by atoms with Crippen LogP contribution in [-0.2, 0) is 20.9 Å². The van der Waals surface area contributed by atoms with Gasteiger partial charge in [-0.3, -0.25) is 0 Å². The minimum atomic E-state index is -0.927. The van der Waals surface area contributed by atoms with Gasteiger partial charge in [-0.1, -0.05) is 24.6 Å². The van der Waals surface area contributed by atoms with E-state index in [-0.39, 0.29) is 12.7 Å². The zero-order valence-corrected chi connectivity index (χ0v) is 14.1. The Bertz CT molecular complexity index is 669. The number of aliphatic carboxylic acids is 1. The van der Waals surface area contributed by atoms with Gasteiger partial charge in [0, 0.05) is 5.56 Å². The smallest absolute Gasteiger partial charge is 0.329 e. The lowest BCUT2D eigenvalue weighted by atomic mass is 9.88. The summed E-state index contributed by atoms with van der Waals surface area (Å²) in [5.74, 6) is 0.0296. The first-order valence-electron chi connectivity index (χ1n) is 8.61. The van der Waals surface area contributed by atoms with Crippen LogP contribution in [-0.4, -0.2) is 35.4 Å². The maximum atomic E-state index is 10.5. The van der Waals surface area contributed by atoms with E-state index in [1.54, 1.807) is 6.26 Å². The van der Waals surface area contributed by atoms with E-state index in [0.29, 0.717) is 25.0 Å². The first-order valence-corrected chi connectivity index (χ1v) is 8.61. The molecular weight excluding hydrogens is 322 g/mol. The second kappa shape index (κ2) is 8.78. The molecule has 1 fully saturated rings. The summed E-state index contributed by atoms with van der Waals surface area (Å²) in [6, 6.07) is 9.77. The van der Waals surface area contributed by atoms with Crippen molar-refractivity contribution in [1.82, 2.24) is 4.98 Å². The van der Waals surface area contributed by atoms with Gasteiger partial charge >= 0.3 is 5.97 Å². The molecule has 1 heterocycles. The summed E-state index contributed by atoms with van der Waals surface area (Å²) in [6.07, 6.45) is 5.83. The summed E-state index contributed by atoms with van der Waals surface area (Å²) in [6.45, 7) is 0.668. The third-order valence-electron chi connectivity index (χ3n) is 4.35. The standard InChI is InChI=1S/C19H23NO5/c21-18(22)13-23-10-14-5-4-8-17(9-14)24-11-16-12-25-19(20-16)15-6-2-1-3-7-15/h1-3,6-7,12,14,17H,4-5,8-11,13H2,(H,21,22). The van der Waals surface area contributed by atoms with Gasteiger partial charge in [-0.2, -0.15) is 0 Å². The molecule has 0 amide bonds. The molecule has 0 saturated heterocycles. The van der Waals surface area contributed by atoms with E-state index in [0.717, 1.165) is 36.9 Å². The van der Waals surface area contributed by atoms with Gasteiger partial charge in [-0.05, 0) is 37.3 Å². The van der Waals surface area contributed by atoms with Gasteiger partial charge in [-0.25, -0.2) is 9.78 Å². The van der Waals surface area contributed by atoms with Crippen LogP contribution in [0.15, 0.2) is 41.0 Å². The van der Waals surface area contributed by atoms with Crippen LogP contribution in [0.4, 0.5) is 0 Å². The Morgan fingerprint density at radius 1 is 1.28 bits per heavy atom. The van der Waals surface area contributed by atoms with Gasteiger partial charge in [0.1, 0.15) is 18.6 Å². The van der Waals surface area contributed by atoms with E-state index >= 15 is 0 Å². The highest BCUT2D eigenvalue weighted by molar-refractivity contribution is 5.67. The number of carbonyl (C=O) groups is 1. The highest BCUT2D eigenvalue weighted by Crippen LogP contribution is 2.27. The molecule has 1 aromatic carbocycles. The van der Waals surface area contributed by atoms with E-state index in [4.69, 9.17) is 19.0 Å². The van der Waals surface area contributed by atoms with Gasteiger partial charge in [0.25, 0.3) is 0 Å². The Hall–Kier alpha value is -2.18. The number of nitrogens with zero attached hydrogens (tertiary/aromatic N) is 1. The van der Waals surface area contributed by atoms with Crippen LogP contribution in [0.5, 0.6) is 0 Å². The lowest BCUT2D eigenvalue weighted by Gasteiger charge is -2.28. The number of hydrogen-bond donors (Lipinski definition) is 1. The molecule has 3 rings (SSSR count). The fraction of sp³-hybridized carbons (Fsp3) is 0.474. The summed E-state index contributed by atoms with van der Waals surface area (Å²) in [5, 5.41) is 8.62. The monoisotopic (exact) mass is 345 g/mol. The average Bonchev–Trinajstić information content (AvgIpc) is 3.10. The van der Waals surface area contributed by atoms with Crippen molar-refractivity contribution in [1.29, 1.82) is 0 Å². The normalized spacial score (nSPS) is 20.5. The average molecular weight is 345 g/mol. The molecule has 1 aliphatic carbocycles. The quantitative estimate of drug-likeness (QED) is 0.788. The molecule has 1 aliphatic rings. The van der Waals surface area contributed by atoms with E-state index in [1.807, 2.05) is 30.3 Å². The maximum Gasteiger partial charge on any atom is 0.329 e. The Kier molecular flexibility index (Phi) is 6.19.